The summed E-state index contributed by atoms with van der Waals surface area (Å²) in [6.07, 6.45) is 11.2. The Bertz CT molecular complexity index is 145. The fraction of sp³-hybridized carbons (Fsp3) is 0.818. The van der Waals surface area contributed by atoms with Crippen LogP contribution in [0.3, 0.4) is 0 Å². The minimum atomic E-state index is 0. The van der Waals surface area contributed by atoms with Gasteiger partial charge in [-0.15, -0.1) is 12.4 Å². The molecule has 1 rings (SSSR count). The van der Waals surface area contributed by atoms with Crippen LogP contribution in [0, 0.1) is 0 Å². The summed E-state index contributed by atoms with van der Waals surface area (Å²) < 4.78 is 0. The van der Waals surface area contributed by atoms with E-state index in [0.29, 0.717) is 6.04 Å². The van der Waals surface area contributed by atoms with Crippen LogP contribution in [0.2, 0.25) is 0 Å². The summed E-state index contributed by atoms with van der Waals surface area (Å²) in [6.45, 7) is 4.50. The fourth-order valence-corrected chi connectivity index (χ4v) is 1.76. The minimum Gasteiger partial charge on any atom is -0.308 e. The van der Waals surface area contributed by atoms with Crippen LogP contribution in [0.5, 0.6) is 0 Å². The second-order valence-electron chi connectivity index (χ2n) is 3.82. The summed E-state index contributed by atoms with van der Waals surface area (Å²) in [5.74, 6) is 0. The van der Waals surface area contributed by atoms with E-state index >= 15 is 0 Å². The number of allylic oxidation sites excluding steroid dienone is 1. The van der Waals surface area contributed by atoms with Crippen molar-refractivity contribution in [3.63, 3.8) is 0 Å². The molecule has 0 aromatic rings. The second kappa shape index (κ2) is 7.40. The van der Waals surface area contributed by atoms with Crippen molar-refractivity contribution in [2.24, 2.45) is 0 Å². The molecule has 0 radical (unpaired) electrons. The van der Waals surface area contributed by atoms with Crippen LogP contribution in [-0.4, -0.2) is 12.1 Å². The van der Waals surface area contributed by atoms with Gasteiger partial charge in [0.05, 0.1) is 0 Å². The highest BCUT2D eigenvalue weighted by atomic mass is 35.5. The highest BCUT2D eigenvalue weighted by molar-refractivity contribution is 5.85. The smallest absolute Gasteiger partial charge is 0.0252 e. The van der Waals surface area contributed by atoms with Gasteiger partial charge in [0.25, 0.3) is 0 Å². The molecule has 0 bridgehead atoms. The summed E-state index contributed by atoms with van der Waals surface area (Å²) in [5.41, 5.74) is 0. The number of halogens is 1. The molecule has 1 fully saturated rings. The van der Waals surface area contributed by atoms with E-state index in [0.717, 1.165) is 6.04 Å². The van der Waals surface area contributed by atoms with E-state index in [-0.39, 0.29) is 12.4 Å². The zero-order valence-electron chi connectivity index (χ0n) is 8.75. The molecule has 2 unspecified atom stereocenters. The van der Waals surface area contributed by atoms with Crippen molar-refractivity contribution in [1.29, 1.82) is 0 Å². The SMILES string of the molecule is CCC/C=C/C1CCCC(C)N1.Cl. The number of hydrogen-bond donors (Lipinski definition) is 1. The topological polar surface area (TPSA) is 12.0 Å². The van der Waals surface area contributed by atoms with Crippen molar-refractivity contribution in [1.82, 2.24) is 5.32 Å². The number of nitrogens with one attached hydrogen (secondary N) is 1. The Kier molecular flexibility index (Phi) is 7.39. The second-order valence-corrected chi connectivity index (χ2v) is 3.82. The van der Waals surface area contributed by atoms with E-state index in [1.165, 1.54) is 32.1 Å². The third-order valence-corrected chi connectivity index (χ3v) is 2.47. The molecule has 1 heterocycles. The van der Waals surface area contributed by atoms with Gasteiger partial charge in [0, 0.05) is 12.1 Å². The minimum absolute atomic E-state index is 0. The van der Waals surface area contributed by atoms with Gasteiger partial charge < -0.3 is 5.32 Å². The molecule has 0 spiro atoms. The lowest BCUT2D eigenvalue weighted by Crippen LogP contribution is -2.39. The first-order valence-corrected chi connectivity index (χ1v) is 5.25. The van der Waals surface area contributed by atoms with Crippen LogP contribution in [-0.2, 0) is 0 Å². The summed E-state index contributed by atoms with van der Waals surface area (Å²) >= 11 is 0. The van der Waals surface area contributed by atoms with Gasteiger partial charge >= 0.3 is 0 Å². The molecule has 2 atom stereocenters. The van der Waals surface area contributed by atoms with Gasteiger partial charge in [0.2, 0.25) is 0 Å². The van der Waals surface area contributed by atoms with E-state index in [9.17, 15) is 0 Å². The van der Waals surface area contributed by atoms with Gasteiger partial charge in [-0.25, -0.2) is 0 Å². The molecule has 1 saturated heterocycles. The van der Waals surface area contributed by atoms with E-state index in [2.05, 4.69) is 31.3 Å². The quantitative estimate of drug-likeness (QED) is 0.695. The average molecular weight is 204 g/mol. The maximum absolute atomic E-state index is 3.59. The Morgan fingerprint density at radius 2 is 2.15 bits per heavy atom. The number of rotatable bonds is 3. The molecule has 1 aliphatic heterocycles. The molecular formula is C11H22ClN. The number of unbranched alkanes of at least 4 members (excludes halogenated alkanes) is 1. The van der Waals surface area contributed by atoms with Gasteiger partial charge in [-0.05, 0) is 26.2 Å². The van der Waals surface area contributed by atoms with E-state index in [1.54, 1.807) is 0 Å². The maximum Gasteiger partial charge on any atom is 0.0252 e. The van der Waals surface area contributed by atoms with E-state index in [1.807, 2.05) is 0 Å². The third kappa shape index (κ3) is 5.33. The van der Waals surface area contributed by atoms with Gasteiger partial charge in [0.1, 0.15) is 0 Å². The van der Waals surface area contributed by atoms with Gasteiger partial charge in [0.15, 0.2) is 0 Å². The Labute approximate surface area is 88.4 Å². The maximum atomic E-state index is 3.59. The van der Waals surface area contributed by atoms with Crippen molar-refractivity contribution >= 4 is 12.4 Å². The highest BCUT2D eigenvalue weighted by Crippen LogP contribution is 2.13. The Morgan fingerprint density at radius 1 is 1.38 bits per heavy atom. The third-order valence-electron chi connectivity index (χ3n) is 2.47. The van der Waals surface area contributed by atoms with Gasteiger partial charge in [-0.2, -0.15) is 0 Å². The Hall–Kier alpha value is -0.0100. The van der Waals surface area contributed by atoms with Crippen LogP contribution < -0.4 is 5.32 Å². The molecule has 0 aromatic carbocycles. The fourth-order valence-electron chi connectivity index (χ4n) is 1.76. The first-order valence-electron chi connectivity index (χ1n) is 5.25. The zero-order valence-corrected chi connectivity index (χ0v) is 9.57. The molecule has 0 aliphatic carbocycles. The van der Waals surface area contributed by atoms with Crippen molar-refractivity contribution in [3.8, 4) is 0 Å². The monoisotopic (exact) mass is 203 g/mol. The molecule has 13 heavy (non-hydrogen) atoms. The standard InChI is InChI=1S/C11H21N.ClH/c1-3-4-5-8-11-9-6-7-10(2)12-11;/h5,8,10-12H,3-4,6-7,9H2,1-2H3;1H/b8-5+;. The van der Waals surface area contributed by atoms with Crippen molar-refractivity contribution < 1.29 is 0 Å². The molecule has 2 heteroatoms. The largest absolute Gasteiger partial charge is 0.308 e. The average Bonchev–Trinajstić information content (AvgIpc) is 2.05. The van der Waals surface area contributed by atoms with E-state index < -0.39 is 0 Å². The lowest BCUT2D eigenvalue weighted by Gasteiger charge is -2.26. The lowest BCUT2D eigenvalue weighted by atomic mass is 9.99. The Morgan fingerprint density at radius 3 is 2.77 bits per heavy atom. The van der Waals surface area contributed by atoms with Crippen LogP contribution in [0.1, 0.15) is 46.0 Å². The molecule has 0 amide bonds. The first-order chi connectivity index (χ1) is 5.83. The molecule has 0 saturated carbocycles. The highest BCUT2D eigenvalue weighted by Gasteiger charge is 2.14. The molecular weight excluding hydrogens is 182 g/mol. The van der Waals surface area contributed by atoms with Crippen molar-refractivity contribution in [3.05, 3.63) is 12.2 Å². The van der Waals surface area contributed by atoms with E-state index in [4.69, 9.17) is 0 Å². The summed E-state index contributed by atoms with van der Waals surface area (Å²) in [5, 5.41) is 3.59. The first kappa shape index (κ1) is 13.0. The van der Waals surface area contributed by atoms with Crippen molar-refractivity contribution in [2.45, 2.75) is 58.0 Å². The summed E-state index contributed by atoms with van der Waals surface area (Å²) in [7, 11) is 0. The molecule has 0 aromatic heterocycles. The molecule has 1 N–H and O–H groups in total. The Balaban J connectivity index is 0.00000144. The van der Waals surface area contributed by atoms with Gasteiger partial charge in [-0.3, -0.25) is 0 Å². The number of piperidine rings is 1. The zero-order chi connectivity index (χ0) is 8.81. The van der Waals surface area contributed by atoms with Crippen LogP contribution in [0.15, 0.2) is 12.2 Å². The summed E-state index contributed by atoms with van der Waals surface area (Å²) in [4.78, 5) is 0. The van der Waals surface area contributed by atoms with Crippen LogP contribution >= 0.6 is 12.4 Å². The molecule has 78 valence electrons. The summed E-state index contributed by atoms with van der Waals surface area (Å²) in [6, 6.07) is 1.37. The lowest BCUT2D eigenvalue weighted by molar-refractivity contribution is 0.374. The number of hydrogen-bond acceptors (Lipinski definition) is 1. The van der Waals surface area contributed by atoms with Gasteiger partial charge in [-0.1, -0.05) is 31.9 Å². The molecule has 1 nitrogen and oxygen atoms in total. The predicted octanol–water partition coefficient (Wildman–Crippen LogP) is 3.30. The van der Waals surface area contributed by atoms with Crippen LogP contribution in [0.4, 0.5) is 0 Å². The van der Waals surface area contributed by atoms with Crippen molar-refractivity contribution in [2.75, 3.05) is 0 Å². The predicted molar refractivity (Wildman–Crippen MR) is 61.5 cm³/mol. The molecule has 1 aliphatic rings. The van der Waals surface area contributed by atoms with Crippen LogP contribution in [0.25, 0.3) is 0 Å². The normalized spacial score (nSPS) is 28.8.